The van der Waals surface area contributed by atoms with Crippen LogP contribution in [-0.4, -0.2) is 12.1 Å². The van der Waals surface area contributed by atoms with Gasteiger partial charge in [-0.05, 0) is 48.8 Å². The summed E-state index contributed by atoms with van der Waals surface area (Å²) in [5, 5.41) is 0. The fraction of sp³-hybridized carbons (Fsp3) is 0.588. The molecular weight excluding hydrogens is 269 g/mol. The van der Waals surface area contributed by atoms with Gasteiger partial charge in [0.05, 0.1) is 5.56 Å². The summed E-state index contributed by atoms with van der Waals surface area (Å²) in [5.74, 6) is 0.129. The molecule has 3 unspecified atom stereocenters. The quantitative estimate of drug-likeness (QED) is 0.676. The van der Waals surface area contributed by atoms with E-state index in [1.165, 1.54) is 12.1 Å². The Hall–Kier alpha value is -1.58. The summed E-state index contributed by atoms with van der Waals surface area (Å²) in [5.41, 5.74) is 5.76. The third kappa shape index (κ3) is 3.74. The van der Waals surface area contributed by atoms with Crippen molar-refractivity contribution in [1.82, 2.24) is 0 Å². The summed E-state index contributed by atoms with van der Waals surface area (Å²) in [6, 6.07) is 4.06. The molecule has 4 heteroatoms. The molecule has 1 aliphatic carbocycles. The lowest BCUT2D eigenvalue weighted by atomic mass is 9.75. The molecule has 1 saturated carbocycles. The molecule has 0 spiro atoms. The maximum absolute atomic E-state index is 13.8. The Morgan fingerprint density at radius 3 is 2.71 bits per heavy atom. The van der Waals surface area contributed by atoms with Gasteiger partial charge in [-0.25, -0.2) is 9.18 Å². The van der Waals surface area contributed by atoms with E-state index < -0.39 is 11.8 Å². The van der Waals surface area contributed by atoms with Crippen molar-refractivity contribution < 1.29 is 13.9 Å². The van der Waals surface area contributed by atoms with Gasteiger partial charge in [-0.2, -0.15) is 0 Å². The molecule has 0 heterocycles. The van der Waals surface area contributed by atoms with Gasteiger partial charge >= 0.3 is 5.97 Å². The molecule has 2 rings (SSSR count). The Bertz CT molecular complexity index is 516. The summed E-state index contributed by atoms with van der Waals surface area (Å²) < 4.78 is 19.4. The summed E-state index contributed by atoms with van der Waals surface area (Å²) >= 11 is 0. The normalized spacial score (nSPS) is 25.9. The SMILES string of the molecule is CC1CCC(C(C)C)C(OC(=O)c2ccc(N)cc2F)C1. The fourth-order valence-electron chi connectivity index (χ4n) is 3.15. The molecule has 116 valence electrons. The number of halogens is 1. The number of benzene rings is 1. The number of carbonyl (C=O) groups excluding carboxylic acids is 1. The standard InChI is InChI=1S/C17H24FNO2/c1-10(2)13-6-4-11(3)8-16(13)21-17(20)14-7-5-12(19)9-15(14)18/h5,7,9-11,13,16H,4,6,8,19H2,1-3H3. The number of nitrogens with two attached hydrogens (primary N) is 1. The van der Waals surface area contributed by atoms with Crippen LogP contribution in [0.4, 0.5) is 10.1 Å². The van der Waals surface area contributed by atoms with Crippen molar-refractivity contribution in [1.29, 1.82) is 0 Å². The third-order valence-electron chi connectivity index (χ3n) is 4.43. The Balaban J connectivity index is 2.12. The van der Waals surface area contributed by atoms with Crippen molar-refractivity contribution in [2.45, 2.75) is 46.1 Å². The van der Waals surface area contributed by atoms with Crippen LogP contribution in [0.1, 0.15) is 50.4 Å². The highest BCUT2D eigenvalue weighted by Gasteiger charge is 2.34. The molecule has 0 aromatic heterocycles. The molecule has 0 aliphatic heterocycles. The van der Waals surface area contributed by atoms with Crippen molar-refractivity contribution in [2.24, 2.45) is 17.8 Å². The first-order chi connectivity index (χ1) is 9.88. The Labute approximate surface area is 125 Å². The van der Waals surface area contributed by atoms with Gasteiger partial charge in [0, 0.05) is 5.69 Å². The molecule has 1 aromatic carbocycles. The number of carbonyl (C=O) groups is 1. The molecule has 0 amide bonds. The number of anilines is 1. The van der Waals surface area contributed by atoms with Gasteiger partial charge in [0.2, 0.25) is 0 Å². The second-order valence-electron chi connectivity index (χ2n) is 6.51. The lowest BCUT2D eigenvalue weighted by Crippen LogP contribution is -2.36. The lowest BCUT2D eigenvalue weighted by Gasteiger charge is -2.36. The average molecular weight is 293 g/mol. The predicted molar refractivity (Wildman–Crippen MR) is 81.4 cm³/mol. The second-order valence-corrected chi connectivity index (χ2v) is 6.51. The van der Waals surface area contributed by atoms with Crippen molar-refractivity contribution in [2.75, 3.05) is 5.73 Å². The monoisotopic (exact) mass is 293 g/mol. The molecule has 3 nitrogen and oxygen atoms in total. The molecule has 1 fully saturated rings. The van der Waals surface area contributed by atoms with Gasteiger partial charge in [-0.3, -0.25) is 0 Å². The van der Waals surface area contributed by atoms with Gasteiger partial charge in [0.1, 0.15) is 11.9 Å². The molecule has 0 saturated heterocycles. The van der Waals surface area contributed by atoms with E-state index in [4.69, 9.17) is 10.5 Å². The van der Waals surface area contributed by atoms with Crippen LogP contribution in [0.25, 0.3) is 0 Å². The smallest absolute Gasteiger partial charge is 0.341 e. The minimum Gasteiger partial charge on any atom is -0.458 e. The third-order valence-corrected chi connectivity index (χ3v) is 4.43. The number of hydrogen-bond donors (Lipinski definition) is 1. The number of rotatable bonds is 3. The Morgan fingerprint density at radius 1 is 1.38 bits per heavy atom. The zero-order valence-electron chi connectivity index (χ0n) is 12.9. The zero-order valence-corrected chi connectivity index (χ0v) is 12.9. The fourth-order valence-corrected chi connectivity index (χ4v) is 3.15. The zero-order chi connectivity index (χ0) is 15.6. The van der Waals surface area contributed by atoms with E-state index in [1.54, 1.807) is 0 Å². The van der Waals surface area contributed by atoms with E-state index in [-0.39, 0.29) is 11.7 Å². The van der Waals surface area contributed by atoms with Gasteiger partial charge in [0.15, 0.2) is 0 Å². The van der Waals surface area contributed by atoms with Crippen LogP contribution in [0.3, 0.4) is 0 Å². The molecule has 0 bridgehead atoms. The number of esters is 1. The molecular formula is C17H24FNO2. The predicted octanol–water partition coefficient (Wildman–Crippen LogP) is 4.03. The largest absolute Gasteiger partial charge is 0.458 e. The van der Waals surface area contributed by atoms with Gasteiger partial charge in [-0.1, -0.05) is 27.2 Å². The molecule has 2 N–H and O–H groups in total. The van der Waals surface area contributed by atoms with Gasteiger partial charge < -0.3 is 10.5 Å². The lowest BCUT2D eigenvalue weighted by molar-refractivity contribution is -0.0177. The van der Waals surface area contributed by atoms with Crippen LogP contribution in [0, 0.1) is 23.6 Å². The van der Waals surface area contributed by atoms with Crippen molar-refractivity contribution >= 4 is 11.7 Å². The van der Waals surface area contributed by atoms with Gasteiger partial charge in [-0.15, -0.1) is 0 Å². The van der Waals surface area contributed by atoms with Crippen molar-refractivity contribution in [3.8, 4) is 0 Å². The van der Waals surface area contributed by atoms with Crippen molar-refractivity contribution in [3.05, 3.63) is 29.6 Å². The van der Waals surface area contributed by atoms with Crippen LogP contribution < -0.4 is 5.73 Å². The second kappa shape index (κ2) is 6.46. The van der Waals surface area contributed by atoms with Crippen LogP contribution in [0.15, 0.2) is 18.2 Å². The maximum atomic E-state index is 13.8. The van der Waals surface area contributed by atoms with Crippen LogP contribution in [0.2, 0.25) is 0 Å². The maximum Gasteiger partial charge on any atom is 0.341 e. The number of ether oxygens (including phenoxy) is 1. The van der Waals surface area contributed by atoms with E-state index in [1.807, 2.05) is 0 Å². The molecule has 21 heavy (non-hydrogen) atoms. The molecule has 0 radical (unpaired) electrons. The molecule has 1 aromatic rings. The minimum absolute atomic E-state index is 0.0371. The van der Waals surface area contributed by atoms with Gasteiger partial charge in [0.25, 0.3) is 0 Å². The van der Waals surface area contributed by atoms with Crippen LogP contribution >= 0.6 is 0 Å². The van der Waals surface area contributed by atoms with E-state index in [0.717, 1.165) is 25.3 Å². The van der Waals surface area contributed by atoms with Crippen LogP contribution in [-0.2, 0) is 4.74 Å². The van der Waals surface area contributed by atoms with E-state index in [2.05, 4.69) is 20.8 Å². The highest BCUT2D eigenvalue weighted by molar-refractivity contribution is 5.90. The van der Waals surface area contributed by atoms with E-state index in [0.29, 0.717) is 23.4 Å². The summed E-state index contributed by atoms with van der Waals surface area (Å²) in [6.07, 6.45) is 2.94. The van der Waals surface area contributed by atoms with Crippen molar-refractivity contribution in [3.63, 3.8) is 0 Å². The van der Waals surface area contributed by atoms with Crippen LogP contribution in [0.5, 0.6) is 0 Å². The first-order valence-electron chi connectivity index (χ1n) is 7.64. The topological polar surface area (TPSA) is 52.3 Å². The molecule has 3 atom stereocenters. The first kappa shape index (κ1) is 15.8. The Kier molecular flexibility index (Phi) is 4.86. The summed E-state index contributed by atoms with van der Waals surface area (Å²) in [7, 11) is 0. The highest BCUT2D eigenvalue weighted by Crippen LogP contribution is 2.35. The summed E-state index contributed by atoms with van der Waals surface area (Å²) in [4.78, 5) is 12.2. The highest BCUT2D eigenvalue weighted by atomic mass is 19.1. The minimum atomic E-state index is -0.620. The van der Waals surface area contributed by atoms with E-state index >= 15 is 0 Å². The molecule has 1 aliphatic rings. The van der Waals surface area contributed by atoms with E-state index in [9.17, 15) is 9.18 Å². The number of nitrogen functional groups attached to an aromatic ring is 1. The first-order valence-corrected chi connectivity index (χ1v) is 7.64. The number of hydrogen-bond acceptors (Lipinski definition) is 3. The Morgan fingerprint density at radius 2 is 2.10 bits per heavy atom. The summed E-state index contributed by atoms with van der Waals surface area (Å²) in [6.45, 7) is 6.46. The average Bonchev–Trinajstić information content (AvgIpc) is 2.37.